The third-order valence-corrected chi connectivity index (χ3v) is 8.46. The number of aliphatic hydroxyl groups is 2. The molecule has 3 heterocycles. The molecule has 1 aliphatic rings. The van der Waals surface area contributed by atoms with Crippen molar-refractivity contribution in [1.29, 1.82) is 0 Å². The molecular weight excluding hydrogens is 569 g/mol. The molecule has 14 nitrogen and oxygen atoms in total. The van der Waals surface area contributed by atoms with Crippen LogP contribution in [0.15, 0.2) is 59.9 Å². The van der Waals surface area contributed by atoms with Crippen LogP contribution in [0.2, 0.25) is 0 Å². The highest BCUT2D eigenvalue weighted by Crippen LogP contribution is 2.49. The SMILES string of the molecule is CC(C)OC(=O)[C@H](C)NP(=O)(Oc1cccc2ccccc12)O[C@@H](C)[C@H]1O[C@@H](n2cnc3c(=O)[nH]cnc32)[C@H](O)[C@@H]1O. The van der Waals surface area contributed by atoms with Gasteiger partial charge in [0.1, 0.15) is 30.1 Å². The van der Waals surface area contributed by atoms with E-state index < -0.39 is 62.1 Å². The zero-order chi connectivity index (χ0) is 30.2. The number of ether oxygens (including phenoxy) is 2. The lowest BCUT2D eigenvalue weighted by Crippen LogP contribution is -2.41. The van der Waals surface area contributed by atoms with Gasteiger partial charge >= 0.3 is 13.7 Å². The maximum Gasteiger partial charge on any atom is 0.459 e. The largest absolute Gasteiger partial charge is 0.462 e. The second kappa shape index (κ2) is 11.9. The summed E-state index contributed by atoms with van der Waals surface area (Å²) < 4.78 is 38.7. The van der Waals surface area contributed by atoms with Gasteiger partial charge in [0.05, 0.1) is 24.9 Å². The van der Waals surface area contributed by atoms with Crippen molar-refractivity contribution in [3.63, 3.8) is 0 Å². The molecule has 7 atom stereocenters. The van der Waals surface area contributed by atoms with Crippen molar-refractivity contribution in [2.45, 2.75) is 70.5 Å². The lowest BCUT2D eigenvalue weighted by molar-refractivity contribution is -0.149. The Morgan fingerprint density at radius 2 is 1.83 bits per heavy atom. The van der Waals surface area contributed by atoms with Gasteiger partial charge in [0, 0.05) is 5.39 Å². The highest BCUT2D eigenvalue weighted by Gasteiger charge is 2.49. The van der Waals surface area contributed by atoms with Gasteiger partial charge in [-0.15, -0.1) is 0 Å². The number of carbonyl (C=O) groups excluding carboxylic acids is 1. The molecule has 224 valence electrons. The van der Waals surface area contributed by atoms with Crippen molar-refractivity contribution in [3.8, 4) is 5.75 Å². The second-order valence-corrected chi connectivity index (χ2v) is 11.9. The number of aromatic nitrogens is 4. The molecule has 1 saturated heterocycles. The van der Waals surface area contributed by atoms with Gasteiger partial charge in [-0.25, -0.2) is 14.5 Å². The number of hydrogen-bond acceptors (Lipinski definition) is 11. The number of fused-ring (bicyclic) bond motifs is 2. The lowest BCUT2D eigenvalue weighted by atomic mass is 10.1. The summed E-state index contributed by atoms with van der Waals surface area (Å²) in [6.45, 7) is 6.31. The number of aromatic amines is 1. The van der Waals surface area contributed by atoms with Crippen LogP contribution >= 0.6 is 7.75 Å². The van der Waals surface area contributed by atoms with E-state index in [0.717, 1.165) is 5.39 Å². The minimum atomic E-state index is -4.38. The summed E-state index contributed by atoms with van der Waals surface area (Å²) in [4.78, 5) is 35.2. The van der Waals surface area contributed by atoms with Gasteiger partial charge in [0.25, 0.3) is 5.56 Å². The van der Waals surface area contributed by atoms with Crippen molar-refractivity contribution in [3.05, 3.63) is 65.5 Å². The topological polar surface area (TPSA) is 187 Å². The van der Waals surface area contributed by atoms with Gasteiger partial charge < -0.3 is 29.2 Å². The first-order valence-electron chi connectivity index (χ1n) is 13.3. The van der Waals surface area contributed by atoms with Crippen molar-refractivity contribution in [1.82, 2.24) is 24.6 Å². The average molecular weight is 602 g/mol. The summed E-state index contributed by atoms with van der Waals surface area (Å²) in [5.41, 5.74) is -0.328. The van der Waals surface area contributed by atoms with Crippen molar-refractivity contribution in [2.24, 2.45) is 0 Å². The molecule has 1 unspecified atom stereocenters. The number of imidazole rings is 1. The zero-order valence-corrected chi connectivity index (χ0v) is 24.2. The first kappa shape index (κ1) is 29.8. The predicted octanol–water partition coefficient (Wildman–Crippen LogP) is 2.41. The molecule has 2 aromatic heterocycles. The standard InChI is InChI=1S/C27H32N5O9P/c1-14(2)38-27(36)15(3)31-42(37,41-19-11-7-9-17-8-5-6-10-18(17)19)40-16(4)23-21(33)22(34)26(39-23)32-13-30-20-24(32)28-12-29-25(20)35/h5-16,21-23,26,33-34H,1-4H3,(H,31,37)(H,28,29,35)/t15-,16-,21-,22+,23+,26+,42?/m0/s1. The maximum absolute atomic E-state index is 14.3. The van der Waals surface area contributed by atoms with E-state index in [2.05, 4.69) is 20.0 Å². The molecule has 2 aromatic carbocycles. The van der Waals surface area contributed by atoms with Gasteiger partial charge in [-0.1, -0.05) is 36.4 Å². The van der Waals surface area contributed by atoms with Crippen LogP contribution in [-0.2, 0) is 23.4 Å². The summed E-state index contributed by atoms with van der Waals surface area (Å²) in [7, 11) is -4.38. The molecular formula is C27H32N5O9P. The maximum atomic E-state index is 14.3. The van der Waals surface area contributed by atoms with E-state index in [1.807, 2.05) is 18.2 Å². The van der Waals surface area contributed by atoms with Crippen LogP contribution in [-0.4, -0.2) is 72.3 Å². The molecule has 42 heavy (non-hydrogen) atoms. The van der Waals surface area contributed by atoms with Crippen molar-refractivity contribution >= 4 is 35.7 Å². The number of esters is 1. The summed E-state index contributed by atoms with van der Waals surface area (Å²) >= 11 is 0. The molecule has 0 amide bonds. The van der Waals surface area contributed by atoms with Crippen LogP contribution in [0.5, 0.6) is 5.75 Å². The summed E-state index contributed by atoms with van der Waals surface area (Å²) in [6, 6.07) is 11.4. The van der Waals surface area contributed by atoms with Gasteiger partial charge in [-0.3, -0.25) is 18.7 Å². The van der Waals surface area contributed by atoms with E-state index in [9.17, 15) is 24.4 Å². The third kappa shape index (κ3) is 5.95. The number of H-pyrrole nitrogens is 1. The Morgan fingerprint density at radius 1 is 1.10 bits per heavy atom. The van der Waals surface area contributed by atoms with E-state index in [1.54, 1.807) is 38.1 Å². The van der Waals surface area contributed by atoms with Gasteiger partial charge in [-0.05, 0) is 39.1 Å². The van der Waals surface area contributed by atoms with E-state index in [4.69, 9.17) is 18.5 Å². The minimum Gasteiger partial charge on any atom is -0.462 e. The Labute approximate surface area is 240 Å². The van der Waals surface area contributed by atoms with E-state index in [1.165, 1.54) is 31.1 Å². The molecule has 4 aromatic rings. The summed E-state index contributed by atoms with van der Waals surface area (Å²) in [5.74, 6) is -0.447. The first-order valence-corrected chi connectivity index (χ1v) is 14.9. The van der Waals surface area contributed by atoms with Crippen LogP contribution in [0.3, 0.4) is 0 Å². The van der Waals surface area contributed by atoms with Crippen LogP contribution in [0, 0.1) is 0 Å². The number of nitrogens with zero attached hydrogens (tertiary/aromatic N) is 3. The lowest BCUT2D eigenvalue weighted by Gasteiger charge is -2.29. The molecule has 0 aliphatic carbocycles. The molecule has 0 spiro atoms. The number of carbonyl (C=O) groups is 1. The average Bonchev–Trinajstić information content (AvgIpc) is 3.50. The molecule has 1 aliphatic heterocycles. The van der Waals surface area contributed by atoms with Crippen LogP contribution in [0.4, 0.5) is 0 Å². The Kier molecular flexibility index (Phi) is 8.46. The molecule has 0 bridgehead atoms. The fraction of sp³-hybridized carbons (Fsp3) is 0.407. The minimum absolute atomic E-state index is 0.0231. The monoisotopic (exact) mass is 601 g/mol. The molecule has 5 rings (SSSR count). The molecule has 1 fully saturated rings. The van der Waals surface area contributed by atoms with Gasteiger partial charge in [-0.2, -0.15) is 5.09 Å². The predicted molar refractivity (Wildman–Crippen MR) is 151 cm³/mol. The van der Waals surface area contributed by atoms with Crippen molar-refractivity contribution in [2.75, 3.05) is 0 Å². The van der Waals surface area contributed by atoms with Crippen LogP contribution in [0.1, 0.15) is 33.9 Å². The van der Waals surface area contributed by atoms with E-state index in [0.29, 0.717) is 5.39 Å². The Morgan fingerprint density at radius 3 is 2.60 bits per heavy atom. The Balaban J connectivity index is 1.42. The molecule has 4 N–H and O–H groups in total. The number of hydrogen-bond donors (Lipinski definition) is 4. The van der Waals surface area contributed by atoms with E-state index >= 15 is 0 Å². The highest BCUT2D eigenvalue weighted by atomic mass is 31.2. The summed E-state index contributed by atoms with van der Waals surface area (Å²) in [6.07, 6.45) is -4.50. The second-order valence-electron chi connectivity index (χ2n) is 10.2. The number of rotatable bonds is 10. The zero-order valence-electron chi connectivity index (χ0n) is 23.3. The highest BCUT2D eigenvalue weighted by molar-refractivity contribution is 7.52. The smallest absolute Gasteiger partial charge is 0.459 e. The van der Waals surface area contributed by atoms with E-state index in [-0.39, 0.29) is 16.9 Å². The van der Waals surface area contributed by atoms with Crippen LogP contribution in [0.25, 0.3) is 21.9 Å². The normalized spacial score (nSPS) is 23.6. The quantitative estimate of drug-likeness (QED) is 0.154. The molecule has 15 heteroatoms. The Hall–Kier alpha value is -3.65. The molecule has 0 saturated carbocycles. The number of nitrogens with one attached hydrogen (secondary N) is 2. The number of benzene rings is 2. The van der Waals surface area contributed by atoms with Crippen molar-refractivity contribution < 1.29 is 38.1 Å². The fourth-order valence-electron chi connectivity index (χ4n) is 4.74. The molecule has 0 radical (unpaired) electrons. The Bertz CT molecular complexity index is 1690. The van der Waals surface area contributed by atoms with Gasteiger partial charge in [0.2, 0.25) is 0 Å². The summed E-state index contributed by atoms with van der Waals surface area (Å²) in [5, 5.41) is 25.9. The van der Waals surface area contributed by atoms with Crippen LogP contribution < -0.4 is 15.2 Å². The first-order chi connectivity index (χ1) is 20.0. The van der Waals surface area contributed by atoms with Gasteiger partial charge in [0.15, 0.2) is 17.4 Å². The fourth-order valence-corrected chi connectivity index (χ4v) is 6.45. The number of aliphatic hydroxyl groups excluding tert-OH is 2. The third-order valence-electron chi connectivity index (χ3n) is 6.71.